The fourth-order valence-corrected chi connectivity index (χ4v) is 1.32. The van der Waals surface area contributed by atoms with Gasteiger partial charge in [0.1, 0.15) is 0 Å². The van der Waals surface area contributed by atoms with Gasteiger partial charge in [-0.15, -0.1) is 0 Å². The number of benzene rings is 1. The summed E-state index contributed by atoms with van der Waals surface area (Å²) in [4.78, 5) is 34.8. The molecule has 1 aromatic carbocycles. The summed E-state index contributed by atoms with van der Waals surface area (Å²) >= 11 is 0. The maximum Gasteiger partial charge on any atom is 0.360 e. The number of hydrogen-bond donors (Lipinski definition) is 0. The summed E-state index contributed by atoms with van der Waals surface area (Å²) < 4.78 is 0. The van der Waals surface area contributed by atoms with Crippen molar-refractivity contribution in [2.45, 2.75) is 13.8 Å². The van der Waals surface area contributed by atoms with Crippen LogP contribution in [-0.2, 0) is 14.5 Å². The number of carbonyl (C=O) groups is 2. The van der Waals surface area contributed by atoms with E-state index in [-0.39, 0.29) is 5.92 Å². The molecule has 0 fully saturated rings. The molecule has 0 heterocycles. The maximum absolute atomic E-state index is 11.8. The molecule has 20 heavy (non-hydrogen) atoms. The first kappa shape index (κ1) is 16.0. The molecule has 0 saturated heterocycles. The van der Waals surface area contributed by atoms with E-state index in [1.165, 1.54) is 7.05 Å². The number of anilines is 1. The van der Waals surface area contributed by atoms with Crippen molar-refractivity contribution in [1.82, 2.24) is 5.23 Å². The number of hydroxylamine groups is 2. The Hall–Kier alpha value is -2.08. The molecule has 0 aromatic heterocycles. The van der Waals surface area contributed by atoms with Crippen LogP contribution in [0.2, 0.25) is 0 Å². The van der Waals surface area contributed by atoms with E-state index in [4.69, 9.17) is 9.68 Å². The smallest absolute Gasteiger partial charge is 0.360 e. The molecule has 0 atom stereocenters. The van der Waals surface area contributed by atoms with Gasteiger partial charge in [-0.2, -0.15) is 0 Å². The maximum atomic E-state index is 11.8. The minimum atomic E-state index is -0.589. The minimum Gasteiger partial charge on any atom is -0.378 e. The highest BCUT2D eigenvalue weighted by atomic mass is 17.0. The molecule has 0 aliphatic carbocycles. The van der Waals surface area contributed by atoms with Crippen LogP contribution < -0.4 is 4.90 Å². The average molecular weight is 280 g/mol. The highest BCUT2D eigenvalue weighted by Crippen LogP contribution is 2.13. The Labute approximate surface area is 118 Å². The molecule has 1 aromatic rings. The van der Waals surface area contributed by atoms with Gasteiger partial charge < -0.3 is 14.6 Å². The van der Waals surface area contributed by atoms with Crippen molar-refractivity contribution < 1.29 is 19.3 Å². The lowest BCUT2D eigenvalue weighted by molar-refractivity contribution is -0.300. The van der Waals surface area contributed by atoms with Crippen molar-refractivity contribution in [2.24, 2.45) is 5.92 Å². The standard InChI is InChI=1S/C14H20N2O4/c1-10(2)13(17)19-16(5)20-14(18)11-6-8-12(9-7-11)15(3)4/h6-10H,1-5H3. The van der Waals surface area contributed by atoms with Crippen LogP contribution >= 0.6 is 0 Å². The fraction of sp³-hybridized carbons (Fsp3) is 0.429. The van der Waals surface area contributed by atoms with Gasteiger partial charge >= 0.3 is 11.9 Å². The second-order valence-corrected chi connectivity index (χ2v) is 4.82. The predicted molar refractivity (Wildman–Crippen MR) is 74.9 cm³/mol. The van der Waals surface area contributed by atoms with Crippen LogP contribution in [0.25, 0.3) is 0 Å². The Morgan fingerprint density at radius 1 is 1.00 bits per heavy atom. The van der Waals surface area contributed by atoms with Crippen LogP contribution in [0, 0.1) is 5.92 Å². The van der Waals surface area contributed by atoms with Crippen LogP contribution in [0.3, 0.4) is 0 Å². The summed E-state index contributed by atoms with van der Waals surface area (Å²) in [6, 6.07) is 6.90. The molecule has 6 heteroatoms. The highest BCUT2D eigenvalue weighted by Gasteiger charge is 2.16. The van der Waals surface area contributed by atoms with Crippen molar-refractivity contribution >= 4 is 17.6 Å². The van der Waals surface area contributed by atoms with E-state index in [0.717, 1.165) is 10.9 Å². The second kappa shape index (κ2) is 6.91. The van der Waals surface area contributed by atoms with E-state index in [2.05, 4.69) is 0 Å². The summed E-state index contributed by atoms with van der Waals surface area (Å²) in [5.41, 5.74) is 1.35. The van der Waals surface area contributed by atoms with Crippen molar-refractivity contribution in [2.75, 3.05) is 26.0 Å². The molecular weight excluding hydrogens is 260 g/mol. The number of rotatable bonds is 5. The molecule has 0 unspecified atom stereocenters. The van der Waals surface area contributed by atoms with Gasteiger partial charge in [-0.1, -0.05) is 13.8 Å². The molecule has 0 radical (unpaired) electrons. The zero-order valence-electron chi connectivity index (χ0n) is 12.4. The van der Waals surface area contributed by atoms with Crippen LogP contribution in [0.15, 0.2) is 24.3 Å². The molecule has 0 amide bonds. The van der Waals surface area contributed by atoms with Crippen molar-refractivity contribution in [1.29, 1.82) is 0 Å². The number of nitrogens with zero attached hydrogens (tertiary/aromatic N) is 2. The molecule has 110 valence electrons. The molecule has 0 saturated carbocycles. The van der Waals surface area contributed by atoms with Gasteiger partial charge in [0.2, 0.25) is 0 Å². The van der Waals surface area contributed by atoms with Gasteiger partial charge in [0.15, 0.2) is 0 Å². The fourth-order valence-electron chi connectivity index (χ4n) is 1.32. The Kier molecular flexibility index (Phi) is 5.52. The Bertz CT molecular complexity index is 469. The van der Waals surface area contributed by atoms with E-state index in [1.54, 1.807) is 38.1 Å². The first-order valence-electron chi connectivity index (χ1n) is 6.26. The largest absolute Gasteiger partial charge is 0.378 e. The topological polar surface area (TPSA) is 59.1 Å². The van der Waals surface area contributed by atoms with Gasteiger partial charge in [0.25, 0.3) is 0 Å². The minimum absolute atomic E-state index is 0.296. The number of carbonyl (C=O) groups excluding carboxylic acids is 2. The summed E-state index contributed by atoms with van der Waals surface area (Å²) in [5, 5.41) is 0.768. The molecule has 0 bridgehead atoms. The molecule has 0 aliphatic heterocycles. The Morgan fingerprint density at radius 3 is 2.00 bits per heavy atom. The summed E-state index contributed by atoms with van der Waals surface area (Å²) in [7, 11) is 5.17. The first-order valence-corrected chi connectivity index (χ1v) is 6.26. The molecule has 0 aliphatic rings. The summed E-state index contributed by atoms with van der Waals surface area (Å²) in [6.07, 6.45) is 0. The van der Waals surface area contributed by atoms with Gasteiger partial charge in [-0.05, 0) is 24.3 Å². The second-order valence-electron chi connectivity index (χ2n) is 4.82. The number of hydrogen-bond acceptors (Lipinski definition) is 6. The molecule has 0 N–H and O–H groups in total. The van der Waals surface area contributed by atoms with Crippen LogP contribution in [0.1, 0.15) is 24.2 Å². The van der Waals surface area contributed by atoms with Crippen LogP contribution in [-0.4, -0.2) is 38.3 Å². The molecular formula is C14H20N2O4. The SMILES string of the molecule is CC(C)C(=O)ON(C)OC(=O)c1ccc(N(C)C)cc1. The van der Waals surface area contributed by atoms with E-state index in [0.29, 0.717) is 5.56 Å². The average Bonchev–Trinajstić information content (AvgIpc) is 2.38. The summed E-state index contributed by atoms with van der Waals surface area (Å²) in [6.45, 7) is 3.38. The van der Waals surface area contributed by atoms with Crippen LogP contribution in [0.5, 0.6) is 0 Å². The first-order chi connectivity index (χ1) is 9.31. The van der Waals surface area contributed by atoms with Crippen molar-refractivity contribution in [3.05, 3.63) is 29.8 Å². The van der Waals surface area contributed by atoms with Gasteiger partial charge in [0.05, 0.1) is 18.5 Å². The van der Waals surface area contributed by atoms with Crippen molar-refractivity contribution in [3.8, 4) is 0 Å². The Morgan fingerprint density at radius 2 is 1.55 bits per heavy atom. The molecule has 1 rings (SSSR count). The molecule has 0 spiro atoms. The van der Waals surface area contributed by atoms with Gasteiger partial charge in [-0.3, -0.25) is 0 Å². The lowest BCUT2D eigenvalue weighted by Gasteiger charge is -2.16. The normalized spacial score (nSPS) is 10.6. The van der Waals surface area contributed by atoms with Gasteiger partial charge in [-0.25, -0.2) is 9.59 Å². The Balaban J connectivity index is 2.60. The van der Waals surface area contributed by atoms with E-state index < -0.39 is 11.9 Å². The molecule has 6 nitrogen and oxygen atoms in total. The quantitative estimate of drug-likeness (QED) is 0.767. The zero-order valence-corrected chi connectivity index (χ0v) is 12.4. The predicted octanol–water partition coefficient (Wildman–Crippen LogP) is 1.87. The van der Waals surface area contributed by atoms with E-state index in [9.17, 15) is 9.59 Å². The third-order valence-corrected chi connectivity index (χ3v) is 2.52. The third kappa shape index (κ3) is 4.55. The zero-order chi connectivity index (χ0) is 15.3. The van der Waals surface area contributed by atoms with Crippen molar-refractivity contribution in [3.63, 3.8) is 0 Å². The van der Waals surface area contributed by atoms with E-state index >= 15 is 0 Å². The van der Waals surface area contributed by atoms with Crippen LogP contribution in [0.4, 0.5) is 5.69 Å². The lowest BCUT2D eigenvalue weighted by Crippen LogP contribution is -2.28. The van der Waals surface area contributed by atoms with Gasteiger partial charge in [0, 0.05) is 25.0 Å². The lowest BCUT2D eigenvalue weighted by atomic mass is 10.2. The highest BCUT2D eigenvalue weighted by molar-refractivity contribution is 5.89. The monoisotopic (exact) mass is 280 g/mol. The summed E-state index contributed by atoms with van der Waals surface area (Å²) in [5.74, 6) is -1.35. The third-order valence-electron chi connectivity index (χ3n) is 2.52. The van der Waals surface area contributed by atoms with E-state index in [1.807, 2.05) is 19.0 Å².